The molecule has 4 rings (SSSR count). The molecule has 7 N–H and O–H groups in total. The van der Waals surface area contributed by atoms with Crippen molar-refractivity contribution in [3.63, 3.8) is 0 Å². The molecular formula is C31H41N9O7. The molecular weight excluding hydrogens is 610 g/mol. The number of carboxylic acids is 2. The molecule has 0 amide bonds. The van der Waals surface area contributed by atoms with Gasteiger partial charge in [0.15, 0.2) is 17.3 Å². The van der Waals surface area contributed by atoms with Crippen LogP contribution in [-0.2, 0) is 9.59 Å². The third kappa shape index (κ3) is 12.6. The Morgan fingerprint density at radius 3 is 2.19 bits per heavy atom. The SMILES string of the molecule is CC(=O)O.CC(=O)O.CCOc1cc(C(Nc2ccc(C(=N)N)cc2)c2nn(-c3ncccn3)c(=O)[nH]2)ccc1OC(C)CN(C)C. The van der Waals surface area contributed by atoms with Gasteiger partial charge >= 0.3 is 5.69 Å². The van der Waals surface area contributed by atoms with Crippen molar-refractivity contribution in [2.45, 2.75) is 39.8 Å². The van der Waals surface area contributed by atoms with Gasteiger partial charge in [-0.05, 0) is 76.0 Å². The van der Waals surface area contributed by atoms with Crippen LogP contribution in [0.1, 0.15) is 50.7 Å². The van der Waals surface area contributed by atoms with Crippen LogP contribution in [0.15, 0.2) is 65.7 Å². The molecule has 0 fully saturated rings. The van der Waals surface area contributed by atoms with Gasteiger partial charge in [-0.3, -0.25) is 20.0 Å². The zero-order valence-corrected chi connectivity index (χ0v) is 27.1. The number of nitrogens with two attached hydrogens (primary N) is 1. The number of hydrogen-bond acceptors (Lipinski definition) is 11. The quantitative estimate of drug-likeness (QED) is 0.0956. The summed E-state index contributed by atoms with van der Waals surface area (Å²) in [5, 5.41) is 30.4. The molecule has 2 unspecified atom stereocenters. The van der Waals surface area contributed by atoms with Crippen molar-refractivity contribution in [3.8, 4) is 17.4 Å². The van der Waals surface area contributed by atoms with Crippen LogP contribution < -0.4 is 26.2 Å². The first-order chi connectivity index (χ1) is 22.2. The van der Waals surface area contributed by atoms with Gasteiger partial charge in [0.25, 0.3) is 17.9 Å². The Morgan fingerprint density at radius 1 is 1.06 bits per heavy atom. The summed E-state index contributed by atoms with van der Waals surface area (Å²) >= 11 is 0. The lowest BCUT2D eigenvalue weighted by Gasteiger charge is -2.23. The Bertz CT molecular complexity index is 1640. The van der Waals surface area contributed by atoms with Gasteiger partial charge in [0.1, 0.15) is 18.0 Å². The lowest BCUT2D eigenvalue weighted by Crippen LogP contribution is -2.28. The van der Waals surface area contributed by atoms with E-state index >= 15 is 0 Å². The summed E-state index contributed by atoms with van der Waals surface area (Å²) in [7, 11) is 3.98. The molecule has 2 heterocycles. The summed E-state index contributed by atoms with van der Waals surface area (Å²) in [6, 6.07) is 13.8. The van der Waals surface area contributed by atoms with Crippen LogP contribution in [0, 0.1) is 5.41 Å². The Morgan fingerprint density at radius 2 is 1.66 bits per heavy atom. The fraction of sp³-hybridized carbons (Fsp3) is 0.323. The molecule has 0 radical (unpaired) electrons. The highest BCUT2D eigenvalue weighted by atomic mass is 16.5. The number of ether oxygens (including phenoxy) is 2. The molecule has 47 heavy (non-hydrogen) atoms. The van der Waals surface area contributed by atoms with Crippen LogP contribution in [0.4, 0.5) is 5.69 Å². The molecule has 16 heteroatoms. The zero-order valence-electron chi connectivity index (χ0n) is 27.1. The number of benzene rings is 2. The summed E-state index contributed by atoms with van der Waals surface area (Å²) < 4.78 is 13.2. The number of H-pyrrole nitrogens is 1. The van der Waals surface area contributed by atoms with Gasteiger partial charge in [-0.15, -0.1) is 9.78 Å². The number of carbonyl (C=O) groups is 2. The number of aromatic amines is 1. The smallest absolute Gasteiger partial charge is 0.350 e. The summed E-state index contributed by atoms with van der Waals surface area (Å²) in [4.78, 5) is 44.0. The minimum absolute atomic E-state index is 0.0236. The van der Waals surface area contributed by atoms with E-state index in [2.05, 4.69) is 30.3 Å². The zero-order chi connectivity index (χ0) is 35.1. The Balaban J connectivity index is 0.000000862. The predicted octanol–water partition coefficient (Wildman–Crippen LogP) is 2.75. The normalized spacial score (nSPS) is 11.6. The maximum Gasteiger partial charge on any atom is 0.350 e. The number of hydrogen-bond donors (Lipinski definition) is 6. The van der Waals surface area contributed by atoms with Crippen LogP contribution in [0.3, 0.4) is 0 Å². The van der Waals surface area contributed by atoms with Crippen LogP contribution >= 0.6 is 0 Å². The molecule has 0 aliphatic carbocycles. The molecule has 0 aliphatic heterocycles. The number of carboxylic acid groups (broad SMARTS) is 2. The molecule has 4 aromatic rings. The van der Waals surface area contributed by atoms with Crippen molar-refractivity contribution in [1.29, 1.82) is 5.41 Å². The minimum atomic E-state index is -0.833. The molecule has 0 bridgehead atoms. The van der Waals surface area contributed by atoms with E-state index in [4.69, 9.17) is 40.4 Å². The van der Waals surface area contributed by atoms with Gasteiger partial charge < -0.3 is 35.6 Å². The number of nitrogens with zero attached hydrogens (tertiary/aromatic N) is 5. The first-order valence-corrected chi connectivity index (χ1v) is 14.4. The Hall–Kier alpha value is -5.77. The van der Waals surface area contributed by atoms with E-state index in [9.17, 15) is 4.79 Å². The number of likely N-dealkylation sites (N-methyl/N-ethyl adjacent to an activating group) is 1. The molecule has 2 aromatic heterocycles. The number of amidine groups is 1. The fourth-order valence-electron chi connectivity index (χ4n) is 4.07. The van der Waals surface area contributed by atoms with E-state index in [1.54, 1.807) is 30.6 Å². The van der Waals surface area contributed by atoms with Gasteiger partial charge in [-0.25, -0.2) is 14.8 Å². The average Bonchev–Trinajstić information content (AvgIpc) is 3.37. The molecule has 0 saturated carbocycles. The van der Waals surface area contributed by atoms with Crippen molar-refractivity contribution in [1.82, 2.24) is 29.6 Å². The van der Waals surface area contributed by atoms with Crippen LogP contribution in [-0.4, -0.2) is 91.0 Å². The first-order valence-electron chi connectivity index (χ1n) is 14.4. The molecule has 0 saturated heterocycles. The van der Waals surface area contributed by atoms with E-state index in [-0.39, 0.29) is 17.9 Å². The highest BCUT2D eigenvalue weighted by Crippen LogP contribution is 2.34. The van der Waals surface area contributed by atoms with Crippen molar-refractivity contribution < 1.29 is 29.3 Å². The average molecular weight is 652 g/mol. The van der Waals surface area contributed by atoms with Crippen molar-refractivity contribution in [2.24, 2.45) is 5.73 Å². The van der Waals surface area contributed by atoms with Gasteiger partial charge in [0.2, 0.25) is 0 Å². The second kappa shape index (κ2) is 18.3. The third-order valence-electron chi connectivity index (χ3n) is 5.71. The van der Waals surface area contributed by atoms with Gasteiger partial charge in [-0.1, -0.05) is 6.07 Å². The van der Waals surface area contributed by atoms with Gasteiger partial charge in [-0.2, -0.15) is 0 Å². The lowest BCUT2D eigenvalue weighted by molar-refractivity contribution is -0.135. The highest BCUT2D eigenvalue weighted by molar-refractivity contribution is 5.95. The number of anilines is 1. The van der Waals surface area contributed by atoms with E-state index < -0.39 is 23.7 Å². The van der Waals surface area contributed by atoms with Gasteiger partial charge in [0.05, 0.1) is 6.61 Å². The number of aliphatic carboxylic acids is 2. The number of aromatic nitrogens is 5. The summed E-state index contributed by atoms with van der Waals surface area (Å²) in [6.45, 7) is 7.27. The Kier molecular flexibility index (Phi) is 14.5. The third-order valence-corrected chi connectivity index (χ3v) is 5.71. The second-order valence-corrected chi connectivity index (χ2v) is 10.2. The van der Waals surface area contributed by atoms with Crippen LogP contribution in [0.5, 0.6) is 11.5 Å². The van der Waals surface area contributed by atoms with E-state index in [1.807, 2.05) is 58.3 Å². The summed E-state index contributed by atoms with van der Waals surface area (Å²) in [6.07, 6.45) is 3.02. The first kappa shape index (κ1) is 37.4. The monoisotopic (exact) mass is 651 g/mol. The number of rotatable bonds is 12. The lowest BCUT2D eigenvalue weighted by atomic mass is 10.0. The number of nitrogens with one attached hydrogen (secondary N) is 3. The molecule has 16 nitrogen and oxygen atoms in total. The van der Waals surface area contributed by atoms with Crippen molar-refractivity contribution in [3.05, 3.63) is 88.4 Å². The molecule has 0 aliphatic rings. The van der Waals surface area contributed by atoms with E-state index in [0.717, 1.165) is 36.3 Å². The van der Waals surface area contributed by atoms with Crippen molar-refractivity contribution in [2.75, 3.05) is 32.6 Å². The standard InChI is InChI=1S/C27H33N9O3.2C2H4O2/c1-5-38-22-15-19(9-12-21(22)39-17(2)16-35(3)4)23(32-20-10-7-18(8-11-20)24(28)29)25-33-27(37)36(34-25)26-30-13-6-14-31-26;2*1-2(3)4/h6-15,17,23,32H,5,16H2,1-4H3,(H3,28,29)(H,33,34,37);2*1H3,(H,3,4). The number of nitrogen functional groups attached to an aromatic ring is 1. The molecule has 0 spiro atoms. The van der Waals surface area contributed by atoms with E-state index in [0.29, 0.717) is 29.5 Å². The fourth-order valence-corrected chi connectivity index (χ4v) is 4.07. The van der Waals surface area contributed by atoms with Crippen molar-refractivity contribution >= 4 is 23.5 Å². The Labute approximate surface area is 271 Å². The van der Waals surface area contributed by atoms with Gasteiger partial charge in [0, 0.05) is 44.0 Å². The maximum absolute atomic E-state index is 12.8. The summed E-state index contributed by atoms with van der Waals surface area (Å²) in [5.41, 5.74) is 7.24. The predicted molar refractivity (Wildman–Crippen MR) is 176 cm³/mol. The highest BCUT2D eigenvalue weighted by Gasteiger charge is 2.23. The minimum Gasteiger partial charge on any atom is -0.490 e. The maximum atomic E-state index is 12.8. The van der Waals surface area contributed by atoms with Crippen LogP contribution in [0.25, 0.3) is 5.95 Å². The second-order valence-electron chi connectivity index (χ2n) is 10.2. The summed E-state index contributed by atoms with van der Waals surface area (Å²) in [5.74, 6) is 0.0107. The molecule has 2 aromatic carbocycles. The molecule has 252 valence electrons. The van der Waals surface area contributed by atoms with Crippen LogP contribution in [0.2, 0.25) is 0 Å². The largest absolute Gasteiger partial charge is 0.490 e. The molecule has 2 atom stereocenters. The van der Waals surface area contributed by atoms with E-state index in [1.165, 1.54) is 0 Å². The topological polar surface area (TPSA) is 235 Å².